The highest BCUT2D eigenvalue weighted by atomic mass is 32.1. The maximum absolute atomic E-state index is 5.36. The summed E-state index contributed by atoms with van der Waals surface area (Å²) in [6, 6.07) is 0.543. The van der Waals surface area contributed by atoms with Gasteiger partial charge in [-0.3, -0.25) is 10.3 Å². The summed E-state index contributed by atoms with van der Waals surface area (Å²) < 4.78 is 5.36. The lowest BCUT2D eigenvalue weighted by Gasteiger charge is -2.21. The van der Waals surface area contributed by atoms with Crippen molar-refractivity contribution in [2.75, 3.05) is 25.7 Å². The number of hydrazine groups is 1. The summed E-state index contributed by atoms with van der Waals surface area (Å²) in [7, 11) is 2.12. The molecule has 84 valence electrons. The highest BCUT2D eigenvalue weighted by molar-refractivity contribution is 7.15. The standard InChI is InChI=1S/C9H16N4OS/c1-13(7-2-3-14-6-7)5-8-4-11-9(12-10)15-8/h4,7H,2-3,5-6,10H2,1H3,(H,11,12). The van der Waals surface area contributed by atoms with Crippen molar-refractivity contribution in [2.24, 2.45) is 5.84 Å². The summed E-state index contributed by atoms with van der Waals surface area (Å²) in [5.74, 6) is 5.28. The van der Waals surface area contributed by atoms with Crippen molar-refractivity contribution in [2.45, 2.75) is 19.0 Å². The predicted molar refractivity (Wildman–Crippen MR) is 60.6 cm³/mol. The molecule has 15 heavy (non-hydrogen) atoms. The molecule has 1 aliphatic heterocycles. The lowest BCUT2D eigenvalue weighted by Crippen LogP contribution is -2.31. The van der Waals surface area contributed by atoms with Gasteiger partial charge in [-0.05, 0) is 13.5 Å². The fourth-order valence-electron chi connectivity index (χ4n) is 1.69. The van der Waals surface area contributed by atoms with E-state index in [4.69, 9.17) is 10.6 Å². The lowest BCUT2D eigenvalue weighted by molar-refractivity contribution is 0.157. The average Bonchev–Trinajstić information content (AvgIpc) is 2.87. The molecule has 0 spiro atoms. The molecule has 0 aromatic carbocycles. The SMILES string of the molecule is CN(Cc1cnc(NN)s1)C1CCOC1. The molecule has 0 bridgehead atoms. The number of aromatic nitrogens is 1. The van der Waals surface area contributed by atoms with Gasteiger partial charge in [0.25, 0.3) is 0 Å². The molecule has 2 rings (SSSR count). The van der Waals surface area contributed by atoms with E-state index in [1.54, 1.807) is 11.3 Å². The van der Waals surface area contributed by atoms with Gasteiger partial charge in [-0.1, -0.05) is 11.3 Å². The zero-order valence-electron chi connectivity index (χ0n) is 8.77. The average molecular weight is 228 g/mol. The number of nitrogens with zero attached hydrogens (tertiary/aromatic N) is 2. The Labute approximate surface area is 93.2 Å². The number of nitrogens with two attached hydrogens (primary N) is 1. The Kier molecular flexibility index (Phi) is 3.53. The maximum atomic E-state index is 5.36. The molecule has 0 amide bonds. The Hall–Kier alpha value is -0.690. The molecule has 1 atom stereocenters. The van der Waals surface area contributed by atoms with Crippen molar-refractivity contribution in [1.29, 1.82) is 0 Å². The van der Waals surface area contributed by atoms with Gasteiger partial charge in [0.2, 0.25) is 0 Å². The maximum Gasteiger partial charge on any atom is 0.197 e. The predicted octanol–water partition coefficient (Wildman–Crippen LogP) is 0.649. The van der Waals surface area contributed by atoms with Crippen LogP contribution in [0.4, 0.5) is 5.13 Å². The van der Waals surface area contributed by atoms with Gasteiger partial charge >= 0.3 is 0 Å². The summed E-state index contributed by atoms with van der Waals surface area (Å²) >= 11 is 1.59. The van der Waals surface area contributed by atoms with E-state index in [0.29, 0.717) is 6.04 Å². The van der Waals surface area contributed by atoms with Gasteiger partial charge in [-0.2, -0.15) is 0 Å². The first kappa shape index (κ1) is 10.8. The number of nitrogens with one attached hydrogen (secondary N) is 1. The summed E-state index contributed by atoms with van der Waals surface area (Å²) in [5, 5.41) is 0.765. The summed E-state index contributed by atoms with van der Waals surface area (Å²) in [5.41, 5.74) is 2.55. The Morgan fingerprint density at radius 3 is 3.27 bits per heavy atom. The molecule has 0 saturated carbocycles. The second-order valence-electron chi connectivity index (χ2n) is 3.71. The van der Waals surface area contributed by atoms with Crippen LogP contribution in [-0.2, 0) is 11.3 Å². The smallest absolute Gasteiger partial charge is 0.197 e. The molecule has 1 aromatic rings. The van der Waals surface area contributed by atoms with Crippen LogP contribution < -0.4 is 11.3 Å². The molecule has 2 heterocycles. The second-order valence-corrected chi connectivity index (χ2v) is 4.82. The van der Waals surface area contributed by atoms with E-state index in [9.17, 15) is 0 Å². The Balaban J connectivity index is 1.89. The van der Waals surface area contributed by atoms with E-state index in [1.165, 1.54) is 4.88 Å². The number of thiazole rings is 1. The molecule has 0 radical (unpaired) electrons. The van der Waals surface area contributed by atoms with Crippen LogP contribution in [0.5, 0.6) is 0 Å². The Morgan fingerprint density at radius 1 is 1.80 bits per heavy atom. The van der Waals surface area contributed by atoms with Crippen LogP contribution in [0.15, 0.2) is 6.20 Å². The van der Waals surface area contributed by atoms with Gasteiger partial charge in [-0.25, -0.2) is 10.8 Å². The van der Waals surface area contributed by atoms with Crippen molar-refractivity contribution in [3.05, 3.63) is 11.1 Å². The minimum atomic E-state index is 0.543. The molecule has 0 aliphatic carbocycles. The molecule has 3 N–H and O–H groups in total. The number of likely N-dealkylation sites (N-methyl/N-ethyl adjacent to an activating group) is 1. The van der Waals surface area contributed by atoms with E-state index < -0.39 is 0 Å². The van der Waals surface area contributed by atoms with E-state index in [2.05, 4.69) is 22.4 Å². The van der Waals surface area contributed by atoms with Crippen molar-refractivity contribution < 1.29 is 4.74 Å². The topological polar surface area (TPSA) is 63.4 Å². The van der Waals surface area contributed by atoms with E-state index in [0.717, 1.165) is 31.3 Å². The number of nitrogen functional groups attached to an aromatic ring is 1. The van der Waals surface area contributed by atoms with Crippen LogP contribution in [-0.4, -0.2) is 36.2 Å². The third kappa shape index (κ3) is 2.66. The first-order valence-electron chi connectivity index (χ1n) is 4.99. The van der Waals surface area contributed by atoms with Crippen LogP contribution >= 0.6 is 11.3 Å². The summed E-state index contributed by atoms with van der Waals surface area (Å²) in [6.45, 7) is 2.64. The Bertz CT molecular complexity index is 311. The van der Waals surface area contributed by atoms with Crippen LogP contribution in [0.3, 0.4) is 0 Å². The normalized spacial score (nSPS) is 21.1. The fraction of sp³-hybridized carbons (Fsp3) is 0.667. The lowest BCUT2D eigenvalue weighted by atomic mass is 10.2. The molecular weight excluding hydrogens is 212 g/mol. The number of hydrogen-bond donors (Lipinski definition) is 2. The van der Waals surface area contributed by atoms with Crippen molar-refractivity contribution in [3.8, 4) is 0 Å². The van der Waals surface area contributed by atoms with Gasteiger partial charge in [0.05, 0.1) is 6.61 Å². The van der Waals surface area contributed by atoms with Crippen molar-refractivity contribution in [1.82, 2.24) is 9.88 Å². The number of ether oxygens (including phenoxy) is 1. The molecule has 6 heteroatoms. The van der Waals surface area contributed by atoms with E-state index in [-0.39, 0.29) is 0 Å². The molecular formula is C9H16N4OS. The molecule has 1 unspecified atom stereocenters. The molecule has 1 fully saturated rings. The number of anilines is 1. The monoisotopic (exact) mass is 228 g/mol. The van der Waals surface area contributed by atoms with Crippen LogP contribution in [0.25, 0.3) is 0 Å². The second kappa shape index (κ2) is 4.89. The molecule has 1 saturated heterocycles. The third-order valence-electron chi connectivity index (χ3n) is 2.61. The first-order chi connectivity index (χ1) is 7.29. The number of hydrogen-bond acceptors (Lipinski definition) is 6. The van der Waals surface area contributed by atoms with Crippen LogP contribution in [0.1, 0.15) is 11.3 Å². The van der Waals surface area contributed by atoms with E-state index >= 15 is 0 Å². The number of rotatable bonds is 4. The quantitative estimate of drug-likeness (QED) is 0.585. The summed E-state index contributed by atoms with van der Waals surface area (Å²) in [4.78, 5) is 7.66. The third-order valence-corrected chi connectivity index (χ3v) is 3.52. The molecule has 1 aliphatic rings. The minimum Gasteiger partial charge on any atom is -0.380 e. The van der Waals surface area contributed by atoms with E-state index in [1.807, 2.05) is 6.20 Å². The van der Waals surface area contributed by atoms with Gasteiger partial charge in [0, 0.05) is 30.3 Å². The zero-order chi connectivity index (χ0) is 10.7. The van der Waals surface area contributed by atoms with Crippen molar-refractivity contribution >= 4 is 16.5 Å². The van der Waals surface area contributed by atoms with Gasteiger partial charge < -0.3 is 4.74 Å². The van der Waals surface area contributed by atoms with Crippen molar-refractivity contribution in [3.63, 3.8) is 0 Å². The molecule has 5 nitrogen and oxygen atoms in total. The zero-order valence-corrected chi connectivity index (χ0v) is 9.59. The highest BCUT2D eigenvalue weighted by Crippen LogP contribution is 2.20. The largest absolute Gasteiger partial charge is 0.380 e. The van der Waals surface area contributed by atoms with Gasteiger partial charge in [0.1, 0.15) is 0 Å². The van der Waals surface area contributed by atoms with Crippen LogP contribution in [0, 0.1) is 0 Å². The Morgan fingerprint density at radius 2 is 2.67 bits per heavy atom. The minimum absolute atomic E-state index is 0.543. The highest BCUT2D eigenvalue weighted by Gasteiger charge is 2.20. The van der Waals surface area contributed by atoms with Gasteiger partial charge in [-0.15, -0.1) is 0 Å². The van der Waals surface area contributed by atoms with Gasteiger partial charge in [0.15, 0.2) is 5.13 Å². The van der Waals surface area contributed by atoms with Crippen LogP contribution in [0.2, 0.25) is 0 Å². The molecule has 1 aromatic heterocycles. The fourth-order valence-corrected chi connectivity index (χ4v) is 2.48. The first-order valence-corrected chi connectivity index (χ1v) is 5.80. The summed E-state index contributed by atoms with van der Waals surface area (Å²) in [6.07, 6.45) is 2.99.